The molecule has 0 radical (unpaired) electrons. The van der Waals surface area contributed by atoms with E-state index >= 15 is 0 Å². The van der Waals surface area contributed by atoms with Crippen LogP contribution < -0.4 is 15.5 Å². The number of nitrogens with zero attached hydrogens (tertiary/aromatic N) is 2. The van der Waals surface area contributed by atoms with Gasteiger partial charge in [-0.05, 0) is 50.1 Å². The second kappa shape index (κ2) is 7.39. The first kappa shape index (κ1) is 17.5. The maximum Gasteiger partial charge on any atom is 0.240 e. The smallest absolute Gasteiger partial charge is 0.240 e. The van der Waals surface area contributed by atoms with E-state index in [1.807, 2.05) is 23.6 Å². The second-order valence-electron chi connectivity index (χ2n) is 6.95. The second-order valence-corrected chi connectivity index (χ2v) is 6.95. The van der Waals surface area contributed by atoms with E-state index in [1.54, 1.807) is 24.4 Å². The van der Waals surface area contributed by atoms with Crippen molar-refractivity contribution in [1.29, 1.82) is 0 Å². The van der Waals surface area contributed by atoms with E-state index in [9.17, 15) is 9.59 Å². The Morgan fingerprint density at radius 2 is 2.07 bits per heavy atom. The van der Waals surface area contributed by atoms with Crippen LogP contribution in [0.4, 0.5) is 0 Å². The van der Waals surface area contributed by atoms with Gasteiger partial charge in [0.05, 0.1) is 22.9 Å². The van der Waals surface area contributed by atoms with Gasteiger partial charge in [0.1, 0.15) is 17.9 Å². The summed E-state index contributed by atoms with van der Waals surface area (Å²) in [6, 6.07) is 9.16. The van der Waals surface area contributed by atoms with Crippen LogP contribution in [0.3, 0.4) is 0 Å². The molecule has 0 spiro atoms. The van der Waals surface area contributed by atoms with Crippen molar-refractivity contribution in [2.45, 2.75) is 45.2 Å². The first-order chi connectivity index (χ1) is 13.2. The van der Waals surface area contributed by atoms with Crippen LogP contribution in [0.15, 0.2) is 41.3 Å². The van der Waals surface area contributed by atoms with Crippen LogP contribution in [0.2, 0.25) is 0 Å². The Kier molecular flexibility index (Phi) is 4.79. The highest BCUT2D eigenvalue weighted by molar-refractivity contribution is 5.94. The summed E-state index contributed by atoms with van der Waals surface area (Å²) >= 11 is 0. The molecule has 2 heterocycles. The van der Waals surface area contributed by atoms with Crippen molar-refractivity contribution in [2.75, 3.05) is 6.61 Å². The molecule has 1 amide bonds. The van der Waals surface area contributed by atoms with E-state index in [2.05, 4.69) is 10.3 Å². The number of carbonyl (C=O) groups is 1. The van der Waals surface area contributed by atoms with Crippen LogP contribution in [0, 0.1) is 0 Å². The number of rotatable bonds is 5. The molecule has 140 valence electrons. The molecule has 27 heavy (non-hydrogen) atoms. The zero-order valence-electron chi connectivity index (χ0n) is 15.4. The Morgan fingerprint density at radius 1 is 1.26 bits per heavy atom. The molecule has 0 unspecified atom stereocenters. The first-order valence-corrected chi connectivity index (χ1v) is 9.51. The summed E-state index contributed by atoms with van der Waals surface area (Å²) in [6.45, 7) is 2.56. The number of amides is 1. The monoisotopic (exact) mass is 365 g/mol. The largest absolute Gasteiger partial charge is 0.494 e. The van der Waals surface area contributed by atoms with Crippen molar-refractivity contribution >= 4 is 27.8 Å². The number of pyridine rings is 2. The van der Waals surface area contributed by atoms with Gasteiger partial charge in [-0.3, -0.25) is 9.59 Å². The fourth-order valence-corrected chi connectivity index (χ4v) is 3.88. The summed E-state index contributed by atoms with van der Waals surface area (Å²) in [4.78, 5) is 30.0. The van der Waals surface area contributed by atoms with E-state index in [-0.39, 0.29) is 23.9 Å². The molecule has 1 aromatic carbocycles. The van der Waals surface area contributed by atoms with Crippen molar-refractivity contribution in [3.05, 3.63) is 46.8 Å². The Morgan fingerprint density at radius 3 is 2.85 bits per heavy atom. The molecular weight excluding hydrogens is 342 g/mol. The molecule has 1 N–H and O–H groups in total. The van der Waals surface area contributed by atoms with Gasteiger partial charge in [-0.1, -0.05) is 12.8 Å². The molecule has 4 rings (SSSR count). The molecule has 0 aliphatic heterocycles. The number of hydrogen-bond acceptors (Lipinski definition) is 4. The maximum absolute atomic E-state index is 13.0. The number of carbonyl (C=O) groups excluding carboxylic acids is 1. The highest BCUT2D eigenvalue weighted by atomic mass is 16.5. The number of benzene rings is 1. The topological polar surface area (TPSA) is 73.2 Å². The molecule has 0 saturated heterocycles. The molecule has 0 atom stereocenters. The molecule has 1 saturated carbocycles. The van der Waals surface area contributed by atoms with Gasteiger partial charge in [0.2, 0.25) is 5.91 Å². The van der Waals surface area contributed by atoms with Crippen molar-refractivity contribution in [3.8, 4) is 5.75 Å². The lowest BCUT2D eigenvalue weighted by Gasteiger charge is -2.17. The lowest BCUT2D eigenvalue weighted by Crippen LogP contribution is -2.35. The van der Waals surface area contributed by atoms with E-state index in [1.165, 1.54) is 0 Å². The quantitative estimate of drug-likeness (QED) is 0.706. The van der Waals surface area contributed by atoms with Crippen LogP contribution >= 0.6 is 0 Å². The normalized spacial score (nSPS) is 14.7. The van der Waals surface area contributed by atoms with Gasteiger partial charge in [0.15, 0.2) is 5.43 Å². The van der Waals surface area contributed by atoms with Gasteiger partial charge in [-0.2, -0.15) is 0 Å². The van der Waals surface area contributed by atoms with Crippen molar-refractivity contribution in [2.24, 2.45) is 0 Å². The lowest BCUT2D eigenvalue weighted by atomic mass is 10.1. The molecule has 1 aliphatic rings. The van der Waals surface area contributed by atoms with Crippen LogP contribution in [0.5, 0.6) is 5.75 Å². The van der Waals surface area contributed by atoms with Gasteiger partial charge < -0.3 is 14.6 Å². The zero-order valence-corrected chi connectivity index (χ0v) is 15.4. The number of nitrogens with one attached hydrogen (secondary N) is 1. The van der Waals surface area contributed by atoms with Gasteiger partial charge in [-0.15, -0.1) is 0 Å². The average Bonchev–Trinajstić information content (AvgIpc) is 3.18. The number of fused-ring (bicyclic) bond motifs is 2. The van der Waals surface area contributed by atoms with Gasteiger partial charge in [0.25, 0.3) is 0 Å². The number of ether oxygens (including phenoxy) is 1. The minimum Gasteiger partial charge on any atom is -0.494 e. The first-order valence-electron chi connectivity index (χ1n) is 9.51. The zero-order chi connectivity index (χ0) is 18.8. The molecular formula is C21H23N3O3. The van der Waals surface area contributed by atoms with E-state index < -0.39 is 0 Å². The highest BCUT2D eigenvalue weighted by Gasteiger charge is 2.19. The van der Waals surface area contributed by atoms with E-state index in [0.29, 0.717) is 34.3 Å². The summed E-state index contributed by atoms with van der Waals surface area (Å²) in [5, 5.41) is 4.16. The van der Waals surface area contributed by atoms with Crippen LogP contribution in [0.1, 0.15) is 32.6 Å². The fraction of sp³-hybridized carbons (Fsp3) is 0.381. The third-order valence-electron chi connectivity index (χ3n) is 5.12. The van der Waals surface area contributed by atoms with Gasteiger partial charge in [-0.25, -0.2) is 4.98 Å². The van der Waals surface area contributed by atoms with Gasteiger partial charge in [0, 0.05) is 12.2 Å². The molecule has 6 heteroatoms. The third-order valence-corrected chi connectivity index (χ3v) is 5.12. The Hall–Kier alpha value is -2.89. The minimum atomic E-state index is -0.0953. The summed E-state index contributed by atoms with van der Waals surface area (Å²) in [5.41, 5.74) is 1.12. The van der Waals surface area contributed by atoms with Crippen LogP contribution in [-0.2, 0) is 11.3 Å². The SMILES string of the molecule is CCOc1ccc2c(c1)c(=O)c1cccnc1n2CC(=O)NC1CCCC1. The van der Waals surface area contributed by atoms with Crippen LogP contribution in [-0.4, -0.2) is 28.1 Å². The van der Waals surface area contributed by atoms with Gasteiger partial charge >= 0.3 is 0 Å². The standard InChI is InChI=1S/C21H23N3O3/c1-2-27-15-9-10-18-17(12-15)20(26)16-8-5-11-22-21(16)24(18)13-19(25)23-14-6-3-4-7-14/h5,8-12,14H,2-4,6-7,13H2,1H3,(H,23,25). The van der Waals surface area contributed by atoms with E-state index in [4.69, 9.17) is 4.74 Å². The molecule has 1 fully saturated rings. The highest BCUT2D eigenvalue weighted by Crippen LogP contribution is 2.23. The molecule has 6 nitrogen and oxygen atoms in total. The molecule has 0 bridgehead atoms. The summed E-state index contributed by atoms with van der Waals surface area (Å²) in [6.07, 6.45) is 6.04. The molecule has 3 aromatic rings. The molecule has 2 aromatic heterocycles. The fourth-order valence-electron chi connectivity index (χ4n) is 3.88. The number of hydrogen-bond donors (Lipinski definition) is 1. The Bertz CT molecular complexity index is 1050. The minimum absolute atomic E-state index is 0.0484. The summed E-state index contributed by atoms with van der Waals surface area (Å²) in [5.74, 6) is 0.597. The van der Waals surface area contributed by atoms with Crippen molar-refractivity contribution in [1.82, 2.24) is 14.9 Å². The third kappa shape index (κ3) is 3.39. The average molecular weight is 365 g/mol. The van der Waals surface area contributed by atoms with Crippen molar-refractivity contribution in [3.63, 3.8) is 0 Å². The summed E-state index contributed by atoms with van der Waals surface area (Å²) < 4.78 is 7.37. The van der Waals surface area contributed by atoms with Crippen LogP contribution in [0.25, 0.3) is 21.9 Å². The molecule has 1 aliphatic carbocycles. The van der Waals surface area contributed by atoms with E-state index in [0.717, 1.165) is 25.7 Å². The number of aromatic nitrogens is 2. The Balaban J connectivity index is 1.82. The Labute approximate surface area is 157 Å². The summed E-state index contributed by atoms with van der Waals surface area (Å²) in [7, 11) is 0. The maximum atomic E-state index is 13.0. The van der Waals surface area contributed by atoms with Crippen molar-refractivity contribution < 1.29 is 9.53 Å². The predicted octanol–water partition coefficient (Wildman–Crippen LogP) is 3.01. The predicted molar refractivity (Wildman–Crippen MR) is 105 cm³/mol. The lowest BCUT2D eigenvalue weighted by molar-refractivity contribution is -0.122.